The van der Waals surface area contributed by atoms with E-state index in [4.69, 9.17) is 0 Å². The third-order valence-corrected chi connectivity index (χ3v) is 13.9. The maximum absolute atomic E-state index is 12.6. The first kappa shape index (κ1) is 30.8. The number of aliphatic hydroxyl groups is 2. The van der Waals surface area contributed by atoms with E-state index in [2.05, 4.69) is 37.7 Å². The van der Waals surface area contributed by atoms with Crippen LogP contribution < -0.4 is 10.0 Å². The Morgan fingerprint density at radius 3 is 2.34 bits per heavy atom. The van der Waals surface area contributed by atoms with Gasteiger partial charge in [0, 0.05) is 6.54 Å². The van der Waals surface area contributed by atoms with Crippen LogP contribution in [0, 0.1) is 59.2 Å². The Labute approximate surface area is 247 Å². The number of sulfonamides is 1. The highest BCUT2D eigenvalue weighted by Gasteiger charge is 2.64. The summed E-state index contributed by atoms with van der Waals surface area (Å²) >= 11 is 0. The van der Waals surface area contributed by atoms with E-state index in [9.17, 15) is 23.4 Å². The lowest BCUT2D eigenvalue weighted by Gasteiger charge is -2.64. The Morgan fingerprint density at radius 2 is 1.66 bits per heavy atom. The van der Waals surface area contributed by atoms with Gasteiger partial charge < -0.3 is 15.5 Å². The molecule has 5 rings (SSSR count). The van der Waals surface area contributed by atoms with Crippen molar-refractivity contribution in [2.45, 2.75) is 110 Å². The molecular formula is C33H52N2O5S. The molecule has 0 aliphatic heterocycles. The fourth-order valence-corrected chi connectivity index (χ4v) is 11.4. The summed E-state index contributed by atoms with van der Waals surface area (Å²) in [5, 5.41) is 25.2. The highest BCUT2D eigenvalue weighted by atomic mass is 32.2. The van der Waals surface area contributed by atoms with Crippen molar-refractivity contribution < 1.29 is 23.4 Å². The zero-order valence-electron chi connectivity index (χ0n) is 25.6. The molecule has 1 aromatic carbocycles. The number of urea groups is 1. The van der Waals surface area contributed by atoms with Crippen molar-refractivity contribution in [1.82, 2.24) is 10.0 Å². The maximum atomic E-state index is 12.6. The monoisotopic (exact) mass is 588 g/mol. The molecule has 2 amide bonds. The lowest BCUT2D eigenvalue weighted by molar-refractivity contribution is -0.203. The number of hydrogen-bond donors (Lipinski definition) is 4. The van der Waals surface area contributed by atoms with Crippen LogP contribution in [0.5, 0.6) is 0 Å². The SMILES string of the molecule is CC[C@H]1[C@@H](O)[C@@H]2[C@H](CC[C@]3(C)[C@@H]([C@H](C)CCNC(=O)NS(=O)(=O)c4ccc(C)cc4)CC[C@@H]23)[C@@]2(C)CC[C@@H](O)C[C@@H]12. The standard InChI is InChI=1S/C33H52N2O5S/c1-6-24-28-19-22(36)13-16-33(28,5)27-14-17-32(4)25(11-12-26(32)29(27)30(24)37)21(3)15-18-34-31(38)35-41(39,40)23-9-7-20(2)8-10-23/h7-10,21-22,24-30,36-37H,6,11-19H2,1-5H3,(H2,34,35,38)/t21-,22-,24-,25-,26+,27+,28+,29+,30-,32-,33-/m1/s1. The molecule has 7 nitrogen and oxygen atoms in total. The molecule has 0 radical (unpaired) electrons. The lowest BCUT2D eigenvalue weighted by Crippen LogP contribution is -2.62. The third kappa shape index (κ3) is 5.46. The summed E-state index contributed by atoms with van der Waals surface area (Å²) in [5.41, 5.74) is 1.31. The number of fused-ring (bicyclic) bond motifs is 5. The number of carbonyl (C=O) groups excluding carboxylic acids is 1. The normalized spacial score (nSPS) is 41.0. The van der Waals surface area contributed by atoms with Gasteiger partial charge in [0.1, 0.15) is 0 Å². The molecule has 11 atom stereocenters. The van der Waals surface area contributed by atoms with Crippen molar-refractivity contribution in [2.24, 2.45) is 52.3 Å². The second kappa shape index (κ2) is 11.5. The first-order chi connectivity index (χ1) is 19.3. The summed E-state index contributed by atoms with van der Waals surface area (Å²) in [5.74, 6) is 2.90. The minimum atomic E-state index is -3.91. The number of carbonyl (C=O) groups is 1. The molecule has 0 aromatic heterocycles. The highest BCUT2D eigenvalue weighted by molar-refractivity contribution is 7.90. The van der Waals surface area contributed by atoms with E-state index in [0.717, 1.165) is 56.9 Å². The fourth-order valence-electron chi connectivity index (χ4n) is 10.5. The third-order valence-electron chi connectivity index (χ3n) is 12.6. The molecule has 4 N–H and O–H groups in total. The van der Waals surface area contributed by atoms with Gasteiger partial charge in [0.15, 0.2) is 0 Å². The van der Waals surface area contributed by atoms with Gasteiger partial charge in [-0.1, -0.05) is 51.8 Å². The smallest absolute Gasteiger partial charge is 0.328 e. The van der Waals surface area contributed by atoms with Gasteiger partial charge in [0.2, 0.25) is 0 Å². The second-order valence-electron chi connectivity index (χ2n) is 14.6. The number of hydrogen-bond acceptors (Lipinski definition) is 5. The molecule has 8 heteroatoms. The van der Waals surface area contributed by atoms with Gasteiger partial charge in [-0.25, -0.2) is 17.9 Å². The van der Waals surface area contributed by atoms with E-state index in [-0.39, 0.29) is 33.9 Å². The minimum absolute atomic E-state index is 0.0759. The van der Waals surface area contributed by atoms with Crippen LogP contribution in [0.1, 0.15) is 91.0 Å². The predicted octanol–water partition coefficient (Wildman–Crippen LogP) is 5.64. The second-order valence-corrected chi connectivity index (χ2v) is 16.2. The van der Waals surface area contributed by atoms with Crippen LogP contribution >= 0.6 is 0 Å². The Morgan fingerprint density at radius 1 is 1.00 bits per heavy atom. The highest BCUT2D eigenvalue weighted by Crippen LogP contribution is 2.69. The molecule has 4 saturated carbocycles. The summed E-state index contributed by atoms with van der Waals surface area (Å²) in [6.45, 7) is 11.7. The average Bonchev–Trinajstić information content (AvgIpc) is 3.27. The molecule has 0 heterocycles. The van der Waals surface area contributed by atoms with Crippen LogP contribution in [-0.4, -0.2) is 43.4 Å². The fraction of sp³-hybridized carbons (Fsp3) is 0.788. The van der Waals surface area contributed by atoms with Crippen molar-refractivity contribution in [2.75, 3.05) is 6.54 Å². The zero-order chi connectivity index (χ0) is 29.7. The van der Waals surface area contributed by atoms with Crippen molar-refractivity contribution in [3.8, 4) is 0 Å². The van der Waals surface area contributed by atoms with Crippen molar-refractivity contribution in [3.63, 3.8) is 0 Å². The van der Waals surface area contributed by atoms with Crippen LogP contribution in [0.4, 0.5) is 4.79 Å². The summed E-state index contributed by atoms with van der Waals surface area (Å²) < 4.78 is 27.3. The number of rotatable bonds is 7. The van der Waals surface area contributed by atoms with Crippen molar-refractivity contribution in [1.29, 1.82) is 0 Å². The number of aliphatic hydroxyl groups excluding tert-OH is 2. The predicted molar refractivity (Wildman–Crippen MR) is 160 cm³/mol. The quantitative estimate of drug-likeness (QED) is 0.329. The Bertz CT molecular complexity index is 1200. The van der Waals surface area contributed by atoms with Crippen LogP contribution in [0.2, 0.25) is 0 Å². The molecule has 41 heavy (non-hydrogen) atoms. The molecule has 0 unspecified atom stereocenters. The van der Waals surface area contributed by atoms with E-state index >= 15 is 0 Å². The summed E-state index contributed by atoms with van der Waals surface area (Å²) in [4.78, 5) is 12.5. The Hall–Kier alpha value is -1.64. The average molecular weight is 589 g/mol. The van der Waals surface area contributed by atoms with Crippen LogP contribution in [-0.2, 0) is 10.0 Å². The molecule has 1 aromatic rings. The van der Waals surface area contributed by atoms with Crippen LogP contribution in [0.25, 0.3) is 0 Å². The van der Waals surface area contributed by atoms with Crippen LogP contribution in [0.15, 0.2) is 29.2 Å². The Kier molecular flexibility index (Phi) is 8.61. The molecule has 0 bridgehead atoms. The van der Waals surface area contributed by atoms with Gasteiger partial charge >= 0.3 is 6.03 Å². The van der Waals surface area contributed by atoms with Crippen molar-refractivity contribution in [3.05, 3.63) is 29.8 Å². The summed E-state index contributed by atoms with van der Waals surface area (Å²) in [6, 6.07) is 5.74. The van der Waals surface area contributed by atoms with Gasteiger partial charge in [-0.15, -0.1) is 0 Å². The van der Waals surface area contributed by atoms with E-state index < -0.39 is 16.1 Å². The van der Waals surface area contributed by atoms with Gasteiger partial charge in [-0.05, 0) is 123 Å². The summed E-state index contributed by atoms with van der Waals surface area (Å²) in [7, 11) is -3.91. The van der Waals surface area contributed by atoms with Gasteiger partial charge in [0.05, 0.1) is 17.1 Å². The zero-order valence-corrected chi connectivity index (χ0v) is 26.4. The molecular weight excluding hydrogens is 536 g/mol. The largest absolute Gasteiger partial charge is 0.393 e. The minimum Gasteiger partial charge on any atom is -0.393 e. The first-order valence-corrected chi connectivity index (χ1v) is 17.5. The van der Waals surface area contributed by atoms with E-state index in [1.165, 1.54) is 18.6 Å². The lowest BCUT2D eigenvalue weighted by atomic mass is 9.41. The Balaban J connectivity index is 1.22. The number of aryl methyl sites for hydroxylation is 1. The molecule has 0 saturated heterocycles. The topological polar surface area (TPSA) is 116 Å². The van der Waals surface area contributed by atoms with Gasteiger partial charge in [0.25, 0.3) is 10.0 Å². The van der Waals surface area contributed by atoms with Crippen LogP contribution in [0.3, 0.4) is 0 Å². The molecule has 4 aliphatic carbocycles. The van der Waals surface area contributed by atoms with Crippen molar-refractivity contribution >= 4 is 16.1 Å². The number of nitrogens with one attached hydrogen (secondary N) is 2. The van der Waals surface area contributed by atoms with E-state index in [1.54, 1.807) is 12.1 Å². The van der Waals surface area contributed by atoms with Gasteiger partial charge in [-0.3, -0.25) is 0 Å². The van der Waals surface area contributed by atoms with E-state index in [0.29, 0.717) is 42.1 Å². The molecule has 4 aliphatic rings. The number of amides is 2. The van der Waals surface area contributed by atoms with E-state index in [1.807, 2.05) is 6.92 Å². The number of benzene rings is 1. The summed E-state index contributed by atoms with van der Waals surface area (Å²) in [6.07, 6.45) is 8.63. The molecule has 230 valence electrons. The maximum Gasteiger partial charge on any atom is 0.328 e. The first-order valence-electron chi connectivity index (χ1n) is 16.0. The molecule has 0 spiro atoms. The van der Waals surface area contributed by atoms with Gasteiger partial charge in [-0.2, -0.15) is 0 Å². The molecule has 4 fully saturated rings.